The molecule has 140 valence electrons. The molecule has 0 aliphatic carbocycles. The Bertz CT molecular complexity index is 654. The highest BCUT2D eigenvalue weighted by Crippen LogP contribution is 2.42. The van der Waals surface area contributed by atoms with Gasteiger partial charge in [0.25, 0.3) is 0 Å². The zero-order chi connectivity index (χ0) is 17.7. The Morgan fingerprint density at radius 2 is 2.19 bits per heavy atom. The van der Waals surface area contributed by atoms with E-state index in [0.717, 1.165) is 57.7 Å². The van der Waals surface area contributed by atoms with Crippen molar-refractivity contribution in [2.45, 2.75) is 44.4 Å². The normalized spacial score (nSPS) is 22.8. The first kappa shape index (κ1) is 18.1. The molecule has 2 aromatic heterocycles. The van der Waals surface area contributed by atoms with Crippen LogP contribution in [0.2, 0.25) is 0 Å². The van der Waals surface area contributed by atoms with E-state index < -0.39 is 0 Å². The van der Waals surface area contributed by atoms with Crippen molar-refractivity contribution in [2.75, 3.05) is 26.3 Å². The third-order valence-corrected chi connectivity index (χ3v) is 6.73. The van der Waals surface area contributed by atoms with Gasteiger partial charge >= 0.3 is 0 Å². The molecule has 1 atom stereocenters. The zero-order valence-electron chi connectivity index (χ0n) is 15.3. The van der Waals surface area contributed by atoms with Crippen molar-refractivity contribution >= 4 is 11.3 Å². The van der Waals surface area contributed by atoms with E-state index in [-0.39, 0.29) is 5.60 Å². The van der Waals surface area contributed by atoms with E-state index in [2.05, 4.69) is 33.5 Å². The van der Waals surface area contributed by atoms with Crippen molar-refractivity contribution in [1.29, 1.82) is 0 Å². The van der Waals surface area contributed by atoms with Gasteiger partial charge in [-0.2, -0.15) is 0 Å². The first-order valence-electron chi connectivity index (χ1n) is 9.69. The van der Waals surface area contributed by atoms with Crippen LogP contribution in [0.4, 0.5) is 0 Å². The van der Waals surface area contributed by atoms with Gasteiger partial charge in [0.1, 0.15) is 0 Å². The van der Waals surface area contributed by atoms with Crippen molar-refractivity contribution in [2.24, 2.45) is 5.92 Å². The molecular formula is C21H28N2O2S. The third-order valence-electron chi connectivity index (χ3n) is 5.86. The average molecular weight is 373 g/mol. The number of ether oxygens (including phenoxy) is 2. The highest BCUT2D eigenvalue weighted by molar-refractivity contribution is 7.09. The lowest BCUT2D eigenvalue weighted by Gasteiger charge is -2.42. The molecule has 0 bridgehead atoms. The van der Waals surface area contributed by atoms with Gasteiger partial charge in [-0.05, 0) is 54.7 Å². The molecule has 0 saturated carbocycles. The number of hydrogen-bond donors (Lipinski definition) is 0. The first-order valence-corrected chi connectivity index (χ1v) is 10.6. The number of rotatable bonds is 7. The second kappa shape index (κ2) is 8.61. The van der Waals surface area contributed by atoms with E-state index >= 15 is 0 Å². The predicted octanol–water partition coefficient (Wildman–Crippen LogP) is 4.12. The summed E-state index contributed by atoms with van der Waals surface area (Å²) in [6, 6.07) is 8.41. The van der Waals surface area contributed by atoms with E-state index in [1.54, 1.807) is 6.20 Å². The third kappa shape index (κ3) is 4.34. The molecule has 0 radical (unpaired) electrons. The van der Waals surface area contributed by atoms with Crippen molar-refractivity contribution < 1.29 is 9.47 Å². The molecule has 2 fully saturated rings. The Morgan fingerprint density at radius 1 is 1.27 bits per heavy atom. The van der Waals surface area contributed by atoms with Crippen LogP contribution in [0, 0.1) is 5.92 Å². The minimum atomic E-state index is 0.101. The maximum absolute atomic E-state index is 6.30. The highest BCUT2D eigenvalue weighted by atomic mass is 32.1. The number of thiophene rings is 1. The van der Waals surface area contributed by atoms with Crippen LogP contribution in [0.15, 0.2) is 42.0 Å². The van der Waals surface area contributed by atoms with Crippen LogP contribution < -0.4 is 0 Å². The van der Waals surface area contributed by atoms with Gasteiger partial charge < -0.3 is 9.47 Å². The second-order valence-electron chi connectivity index (χ2n) is 7.46. The van der Waals surface area contributed by atoms with Gasteiger partial charge in [0, 0.05) is 50.1 Å². The van der Waals surface area contributed by atoms with Crippen LogP contribution in [0.3, 0.4) is 0 Å². The number of piperidine rings is 1. The van der Waals surface area contributed by atoms with Crippen molar-refractivity contribution in [1.82, 2.24) is 9.88 Å². The number of nitrogens with zero attached hydrogens (tertiary/aromatic N) is 2. The van der Waals surface area contributed by atoms with Crippen molar-refractivity contribution in [3.05, 3.63) is 52.5 Å². The molecule has 2 aliphatic rings. The molecule has 2 aliphatic heterocycles. The lowest BCUT2D eigenvalue weighted by atomic mass is 9.78. The summed E-state index contributed by atoms with van der Waals surface area (Å²) >= 11 is 1.86. The fourth-order valence-electron chi connectivity index (χ4n) is 4.36. The van der Waals surface area contributed by atoms with Gasteiger partial charge in [0.05, 0.1) is 12.2 Å². The summed E-state index contributed by atoms with van der Waals surface area (Å²) < 4.78 is 12.2. The summed E-state index contributed by atoms with van der Waals surface area (Å²) in [6.45, 7) is 5.76. The van der Waals surface area contributed by atoms with Crippen LogP contribution in [-0.4, -0.2) is 41.8 Å². The number of likely N-dealkylation sites (tertiary alicyclic amines) is 1. The van der Waals surface area contributed by atoms with Crippen LogP contribution in [0.25, 0.3) is 0 Å². The molecule has 4 nitrogen and oxygen atoms in total. The SMILES string of the molecule is c1cncc(COCCC2CCOC23CCN(Cc2cccs2)CC3)c1. The molecule has 4 heterocycles. The monoisotopic (exact) mass is 372 g/mol. The summed E-state index contributed by atoms with van der Waals surface area (Å²) in [5.41, 5.74) is 1.25. The topological polar surface area (TPSA) is 34.6 Å². The van der Waals surface area contributed by atoms with Gasteiger partial charge in [-0.15, -0.1) is 11.3 Å². The molecule has 2 saturated heterocycles. The maximum atomic E-state index is 6.30. The molecular weight excluding hydrogens is 344 g/mol. The minimum Gasteiger partial charge on any atom is -0.377 e. The Labute approximate surface area is 160 Å². The van der Waals surface area contributed by atoms with Gasteiger partial charge in [0.15, 0.2) is 0 Å². The first-order chi connectivity index (χ1) is 12.8. The van der Waals surface area contributed by atoms with E-state index in [1.165, 1.54) is 11.3 Å². The van der Waals surface area contributed by atoms with Gasteiger partial charge in [-0.25, -0.2) is 0 Å². The lowest BCUT2D eigenvalue weighted by Crippen LogP contribution is -2.47. The molecule has 26 heavy (non-hydrogen) atoms. The second-order valence-corrected chi connectivity index (χ2v) is 8.49. The van der Waals surface area contributed by atoms with Gasteiger partial charge in [-0.1, -0.05) is 12.1 Å². The zero-order valence-corrected chi connectivity index (χ0v) is 16.1. The van der Waals surface area contributed by atoms with Gasteiger partial charge in [-0.3, -0.25) is 9.88 Å². The molecule has 2 aromatic rings. The number of pyridine rings is 1. The molecule has 4 rings (SSSR count). The fraction of sp³-hybridized carbons (Fsp3) is 0.571. The van der Waals surface area contributed by atoms with Crippen LogP contribution >= 0.6 is 11.3 Å². The lowest BCUT2D eigenvalue weighted by molar-refractivity contribution is -0.0732. The standard InChI is InChI=1S/C21H28N2O2S/c1-3-18(15-22-9-1)17-24-12-5-19-6-13-25-21(19)7-10-23(11-8-21)16-20-4-2-14-26-20/h1-4,9,14-15,19H,5-8,10-13,16-17H2. The van der Waals surface area contributed by atoms with E-state index in [9.17, 15) is 0 Å². The average Bonchev–Trinajstić information content (AvgIpc) is 3.32. The Hall–Kier alpha value is -1.27. The summed E-state index contributed by atoms with van der Waals surface area (Å²) in [6.07, 6.45) is 8.28. The van der Waals surface area contributed by atoms with Crippen LogP contribution in [-0.2, 0) is 22.6 Å². The predicted molar refractivity (Wildman–Crippen MR) is 104 cm³/mol. The Morgan fingerprint density at radius 3 is 2.96 bits per heavy atom. The van der Waals surface area contributed by atoms with E-state index in [4.69, 9.17) is 9.47 Å². The minimum absolute atomic E-state index is 0.101. The van der Waals surface area contributed by atoms with Crippen LogP contribution in [0.1, 0.15) is 36.1 Å². The number of aromatic nitrogens is 1. The molecule has 1 spiro atoms. The summed E-state index contributed by atoms with van der Waals surface area (Å²) in [7, 11) is 0. The smallest absolute Gasteiger partial charge is 0.0736 e. The van der Waals surface area contributed by atoms with Gasteiger partial charge in [0.2, 0.25) is 0 Å². The summed E-state index contributed by atoms with van der Waals surface area (Å²) in [5.74, 6) is 0.639. The van der Waals surface area contributed by atoms with Crippen LogP contribution in [0.5, 0.6) is 0 Å². The Kier molecular flexibility index (Phi) is 6.00. The molecule has 5 heteroatoms. The quantitative estimate of drug-likeness (QED) is 0.685. The summed E-state index contributed by atoms with van der Waals surface area (Å²) in [4.78, 5) is 8.18. The molecule has 0 amide bonds. The van der Waals surface area contributed by atoms with E-state index in [0.29, 0.717) is 12.5 Å². The largest absolute Gasteiger partial charge is 0.377 e. The van der Waals surface area contributed by atoms with Crippen molar-refractivity contribution in [3.63, 3.8) is 0 Å². The molecule has 0 N–H and O–H groups in total. The highest BCUT2D eigenvalue weighted by Gasteiger charge is 2.45. The van der Waals surface area contributed by atoms with Crippen molar-refractivity contribution in [3.8, 4) is 0 Å². The molecule has 0 aromatic carbocycles. The summed E-state index contributed by atoms with van der Waals surface area (Å²) in [5, 5.41) is 2.17. The number of hydrogen-bond acceptors (Lipinski definition) is 5. The fourth-order valence-corrected chi connectivity index (χ4v) is 5.10. The molecule has 1 unspecified atom stereocenters. The maximum Gasteiger partial charge on any atom is 0.0736 e. The Balaban J connectivity index is 1.23. The van der Waals surface area contributed by atoms with E-state index in [1.807, 2.05) is 23.6 Å².